The monoisotopic (exact) mass is 289 g/mol. The number of amides is 1. The summed E-state index contributed by atoms with van der Waals surface area (Å²) in [6.45, 7) is -1.51. The van der Waals surface area contributed by atoms with Crippen LogP contribution in [-0.2, 0) is 4.79 Å². The number of para-hydroxylation sites is 1. The number of rotatable bonds is 7. The normalized spacial score (nSPS) is 13.9. The summed E-state index contributed by atoms with van der Waals surface area (Å²) in [5.41, 5.74) is 0.0723. The van der Waals surface area contributed by atoms with Crippen LogP contribution in [0.15, 0.2) is 24.3 Å². The Labute approximate surface area is 115 Å². The van der Waals surface area contributed by atoms with Crippen molar-refractivity contribution in [3.63, 3.8) is 0 Å². The molecule has 112 valence electrons. The fraction of sp³-hybridized carbons (Fsp3) is 0.462. The van der Waals surface area contributed by atoms with Gasteiger partial charge < -0.3 is 20.3 Å². The molecule has 0 radical (unpaired) electrons. The first-order valence-electron chi connectivity index (χ1n) is 6.06. The highest BCUT2D eigenvalue weighted by atomic mass is 19.3. The van der Waals surface area contributed by atoms with E-state index in [4.69, 9.17) is 0 Å². The Kier molecular flexibility index (Phi) is 6.33. The zero-order valence-corrected chi connectivity index (χ0v) is 10.9. The van der Waals surface area contributed by atoms with Crippen LogP contribution in [0.1, 0.15) is 25.0 Å². The van der Waals surface area contributed by atoms with E-state index in [1.165, 1.54) is 31.2 Å². The summed E-state index contributed by atoms with van der Waals surface area (Å²) in [5.74, 6) is -0.443. The third-order valence-corrected chi connectivity index (χ3v) is 2.63. The van der Waals surface area contributed by atoms with Gasteiger partial charge in [-0.25, -0.2) is 0 Å². The van der Waals surface area contributed by atoms with E-state index in [-0.39, 0.29) is 30.2 Å². The predicted octanol–water partition coefficient (Wildman–Crippen LogP) is 1.21. The first-order chi connectivity index (χ1) is 9.41. The Morgan fingerprint density at radius 3 is 2.60 bits per heavy atom. The molecule has 0 aromatic heterocycles. The minimum Gasteiger partial charge on any atom is -0.434 e. The summed E-state index contributed by atoms with van der Waals surface area (Å²) >= 11 is 0. The molecule has 0 fully saturated rings. The zero-order valence-electron chi connectivity index (χ0n) is 10.9. The highest BCUT2D eigenvalue weighted by Gasteiger charge is 2.22. The van der Waals surface area contributed by atoms with Gasteiger partial charge in [0, 0.05) is 19.0 Å². The molecule has 5 nitrogen and oxygen atoms in total. The van der Waals surface area contributed by atoms with E-state index in [0.29, 0.717) is 0 Å². The SMILES string of the molecule is CC(=O)NCCC(O)C(O)c1ccccc1OC(F)F. The minimum absolute atomic E-state index is 0.0723. The van der Waals surface area contributed by atoms with Crippen LogP contribution in [0.2, 0.25) is 0 Å². The third kappa shape index (κ3) is 5.10. The van der Waals surface area contributed by atoms with Crippen molar-refractivity contribution in [1.82, 2.24) is 5.32 Å². The third-order valence-electron chi connectivity index (χ3n) is 2.63. The van der Waals surface area contributed by atoms with Crippen LogP contribution in [-0.4, -0.2) is 35.4 Å². The molecule has 0 aliphatic heterocycles. The summed E-state index contributed by atoms with van der Waals surface area (Å²) in [6.07, 6.45) is -2.49. The fourth-order valence-electron chi connectivity index (χ4n) is 1.69. The summed E-state index contributed by atoms with van der Waals surface area (Å²) in [5, 5.41) is 22.2. The molecule has 0 heterocycles. The molecule has 1 rings (SSSR count). The number of aliphatic hydroxyl groups excluding tert-OH is 2. The number of hydrogen-bond acceptors (Lipinski definition) is 4. The van der Waals surface area contributed by atoms with Crippen molar-refractivity contribution in [3.05, 3.63) is 29.8 Å². The van der Waals surface area contributed by atoms with Crippen molar-refractivity contribution in [2.24, 2.45) is 0 Å². The Bertz CT molecular complexity index is 442. The summed E-state index contributed by atoms with van der Waals surface area (Å²) in [6, 6.07) is 5.70. The number of carbonyl (C=O) groups is 1. The largest absolute Gasteiger partial charge is 0.434 e. The lowest BCUT2D eigenvalue weighted by molar-refractivity contribution is -0.119. The number of halogens is 2. The van der Waals surface area contributed by atoms with Crippen LogP contribution in [0, 0.1) is 0 Å². The maximum atomic E-state index is 12.2. The van der Waals surface area contributed by atoms with Gasteiger partial charge in [-0.2, -0.15) is 8.78 Å². The standard InChI is InChI=1S/C13H17F2NO4/c1-8(17)16-7-6-10(18)12(19)9-4-2-3-5-11(9)20-13(14)15/h2-5,10,12-13,18-19H,6-7H2,1H3,(H,16,17). The van der Waals surface area contributed by atoms with Gasteiger partial charge in [0.05, 0.1) is 6.10 Å². The van der Waals surface area contributed by atoms with Gasteiger partial charge in [0.1, 0.15) is 11.9 Å². The quantitative estimate of drug-likeness (QED) is 0.705. The smallest absolute Gasteiger partial charge is 0.387 e. The van der Waals surface area contributed by atoms with Crippen molar-refractivity contribution >= 4 is 5.91 Å². The van der Waals surface area contributed by atoms with Crippen LogP contribution in [0.4, 0.5) is 8.78 Å². The van der Waals surface area contributed by atoms with Crippen molar-refractivity contribution < 1.29 is 28.5 Å². The lowest BCUT2D eigenvalue weighted by Crippen LogP contribution is -2.28. The Morgan fingerprint density at radius 1 is 1.35 bits per heavy atom. The van der Waals surface area contributed by atoms with E-state index in [0.717, 1.165) is 0 Å². The predicted molar refractivity (Wildman–Crippen MR) is 67.3 cm³/mol. The van der Waals surface area contributed by atoms with Crippen LogP contribution in [0.25, 0.3) is 0 Å². The second-order valence-corrected chi connectivity index (χ2v) is 4.20. The molecule has 2 atom stereocenters. The van der Waals surface area contributed by atoms with E-state index < -0.39 is 18.8 Å². The van der Waals surface area contributed by atoms with Gasteiger partial charge >= 0.3 is 6.61 Å². The van der Waals surface area contributed by atoms with Gasteiger partial charge in [0.15, 0.2) is 0 Å². The lowest BCUT2D eigenvalue weighted by atomic mass is 10.0. The molecule has 1 amide bonds. The van der Waals surface area contributed by atoms with Gasteiger partial charge in [-0.05, 0) is 12.5 Å². The van der Waals surface area contributed by atoms with Gasteiger partial charge in [-0.15, -0.1) is 0 Å². The number of benzene rings is 1. The number of nitrogens with one attached hydrogen (secondary N) is 1. The maximum absolute atomic E-state index is 12.2. The van der Waals surface area contributed by atoms with Crippen molar-refractivity contribution in [2.75, 3.05) is 6.54 Å². The van der Waals surface area contributed by atoms with Crippen molar-refractivity contribution in [1.29, 1.82) is 0 Å². The number of ether oxygens (including phenoxy) is 1. The second-order valence-electron chi connectivity index (χ2n) is 4.20. The molecule has 3 N–H and O–H groups in total. The Hall–Kier alpha value is -1.73. The average Bonchev–Trinajstić information content (AvgIpc) is 2.37. The van der Waals surface area contributed by atoms with Gasteiger partial charge in [0.25, 0.3) is 0 Å². The van der Waals surface area contributed by atoms with E-state index in [1.807, 2.05) is 0 Å². The topological polar surface area (TPSA) is 78.8 Å². The highest BCUT2D eigenvalue weighted by Crippen LogP contribution is 2.29. The Balaban J connectivity index is 2.70. The van der Waals surface area contributed by atoms with Crippen molar-refractivity contribution in [3.8, 4) is 5.75 Å². The second kappa shape index (κ2) is 7.76. The van der Waals surface area contributed by atoms with Crippen LogP contribution in [0.3, 0.4) is 0 Å². The Morgan fingerprint density at radius 2 is 2.00 bits per heavy atom. The number of hydrogen-bond donors (Lipinski definition) is 3. The summed E-state index contributed by atoms with van der Waals surface area (Å²) < 4.78 is 28.8. The molecule has 20 heavy (non-hydrogen) atoms. The van der Waals surface area contributed by atoms with Gasteiger partial charge in [-0.3, -0.25) is 4.79 Å². The molecule has 2 unspecified atom stereocenters. The first kappa shape index (κ1) is 16.3. The van der Waals surface area contributed by atoms with Crippen molar-refractivity contribution in [2.45, 2.75) is 32.2 Å². The number of carbonyl (C=O) groups excluding carboxylic acids is 1. The van der Waals surface area contributed by atoms with E-state index >= 15 is 0 Å². The number of alkyl halides is 2. The van der Waals surface area contributed by atoms with Crippen LogP contribution < -0.4 is 10.1 Å². The molecule has 0 saturated carbocycles. The molecule has 0 aliphatic carbocycles. The molecule has 1 aromatic rings. The van der Waals surface area contributed by atoms with Gasteiger partial charge in [0.2, 0.25) is 5.91 Å². The molecule has 0 saturated heterocycles. The summed E-state index contributed by atoms with van der Waals surface area (Å²) in [4.78, 5) is 10.7. The molecular weight excluding hydrogens is 272 g/mol. The van der Waals surface area contributed by atoms with E-state index in [2.05, 4.69) is 10.1 Å². The van der Waals surface area contributed by atoms with Crippen LogP contribution in [0.5, 0.6) is 5.75 Å². The first-order valence-corrected chi connectivity index (χ1v) is 6.06. The molecule has 0 bridgehead atoms. The molecular formula is C13H17F2NO4. The van der Waals surface area contributed by atoms with Crippen LogP contribution >= 0.6 is 0 Å². The van der Waals surface area contributed by atoms with E-state index in [9.17, 15) is 23.8 Å². The molecule has 0 spiro atoms. The highest BCUT2D eigenvalue weighted by molar-refractivity contribution is 5.72. The zero-order chi connectivity index (χ0) is 15.1. The lowest BCUT2D eigenvalue weighted by Gasteiger charge is -2.20. The fourth-order valence-corrected chi connectivity index (χ4v) is 1.69. The molecule has 1 aromatic carbocycles. The minimum atomic E-state index is -3.01. The van der Waals surface area contributed by atoms with Gasteiger partial charge in [-0.1, -0.05) is 18.2 Å². The number of aliphatic hydroxyl groups is 2. The maximum Gasteiger partial charge on any atom is 0.387 e. The average molecular weight is 289 g/mol. The summed E-state index contributed by atoms with van der Waals surface area (Å²) in [7, 11) is 0. The van der Waals surface area contributed by atoms with E-state index in [1.54, 1.807) is 0 Å². The molecule has 7 heteroatoms. The molecule has 0 aliphatic rings.